The Labute approximate surface area is 112 Å². The summed E-state index contributed by atoms with van der Waals surface area (Å²) in [4.78, 5) is 0. The second-order valence-corrected chi connectivity index (χ2v) is 4.24. The molecule has 0 aromatic heterocycles. The number of ether oxygens (including phenoxy) is 1. The summed E-state index contributed by atoms with van der Waals surface area (Å²) in [5, 5.41) is 0. The van der Waals surface area contributed by atoms with Crippen LogP contribution in [0.5, 0.6) is 0 Å². The van der Waals surface area contributed by atoms with E-state index in [0.717, 1.165) is 0 Å². The third-order valence-electron chi connectivity index (χ3n) is 2.70. The highest BCUT2D eigenvalue weighted by molar-refractivity contribution is 5.12. The van der Waals surface area contributed by atoms with Crippen LogP contribution in [0.25, 0.3) is 0 Å². The highest BCUT2D eigenvalue weighted by Crippen LogP contribution is 2.61. The normalized spacial score (nSPS) is 22.0. The number of hydrogen-bond donors (Lipinski definition) is 0. The molecule has 1 saturated heterocycles. The van der Waals surface area contributed by atoms with E-state index in [2.05, 4.69) is 4.74 Å². The molecule has 0 spiro atoms. The first kappa shape index (κ1) is 19.1. The van der Waals surface area contributed by atoms with Crippen LogP contribution in [0.3, 0.4) is 0 Å². The molecule has 1 atom stereocenters. The van der Waals surface area contributed by atoms with Gasteiger partial charge in [-0.05, 0) is 0 Å². The van der Waals surface area contributed by atoms with Crippen LogP contribution < -0.4 is 0 Å². The Kier molecular flexibility index (Phi) is 3.94. The summed E-state index contributed by atoms with van der Waals surface area (Å²) in [6.45, 7) is -1.29. The van der Waals surface area contributed by atoms with Crippen molar-refractivity contribution in [3.63, 3.8) is 0 Å². The molecule has 1 nitrogen and oxygen atoms in total. The maximum atomic E-state index is 12.9. The first-order valence-electron chi connectivity index (χ1n) is 4.93. The van der Waals surface area contributed by atoms with E-state index in [4.69, 9.17) is 0 Å². The van der Waals surface area contributed by atoms with Gasteiger partial charge >= 0.3 is 35.8 Å². The standard InChI is InChI=1S/C8H3F13O/c9-3(10,2-1-22-2)4(11,12)5(13,14)6(15,16)7(17,18)8(19,20)21/h2H,1H2. The average Bonchev–Trinajstić information content (AvgIpc) is 3.09. The van der Waals surface area contributed by atoms with Gasteiger partial charge in [-0.15, -0.1) is 0 Å². The summed E-state index contributed by atoms with van der Waals surface area (Å²) in [7, 11) is 0. The monoisotopic (exact) mass is 362 g/mol. The van der Waals surface area contributed by atoms with Crippen LogP contribution in [-0.4, -0.2) is 48.5 Å². The molecule has 1 fully saturated rings. The molecule has 0 bridgehead atoms. The number of rotatable bonds is 5. The van der Waals surface area contributed by atoms with E-state index in [9.17, 15) is 57.1 Å². The molecular formula is C8H3F13O. The van der Waals surface area contributed by atoms with Crippen molar-refractivity contribution in [2.45, 2.75) is 41.9 Å². The molecule has 132 valence electrons. The lowest BCUT2D eigenvalue weighted by molar-refractivity contribution is -0.440. The lowest BCUT2D eigenvalue weighted by Crippen LogP contribution is -2.70. The van der Waals surface area contributed by atoms with Crippen molar-refractivity contribution in [3.05, 3.63) is 0 Å². The third kappa shape index (κ3) is 2.21. The van der Waals surface area contributed by atoms with Crippen LogP contribution in [0.2, 0.25) is 0 Å². The minimum absolute atomic E-state index is 1.29. The van der Waals surface area contributed by atoms with Gasteiger partial charge in [0.05, 0.1) is 6.61 Å². The maximum Gasteiger partial charge on any atom is 0.460 e. The van der Waals surface area contributed by atoms with Gasteiger partial charge in [0, 0.05) is 0 Å². The van der Waals surface area contributed by atoms with E-state index in [1.807, 2.05) is 0 Å². The van der Waals surface area contributed by atoms with Gasteiger partial charge in [0.15, 0.2) is 6.10 Å². The van der Waals surface area contributed by atoms with Gasteiger partial charge < -0.3 is 4.74 Å². The van der Waals surface area contributed by atoms with Crippen LogP contribution in [0, 0.1) is 0 Å². The van der Waals surface area contributed by atoms with Gasteiger partial charge in [0.1, 0.15) is 0 Å². The zero-order valence-corrected chi connectivity index (χ0v) is 9.61. The summed E-state index contributed by atoms with van der Waals surface area (Å²) in [6.07, 6.45) is -10.4. The molecule has 1 unspecified atom stereocenters. The summed E-state index contributed by atoms with van der Waals surface area (Å²) < 4.78 is 166. The minimum Gasteiger partial charge on any atom is -0.366 e. The molecule has 0 N–H and O–H groups in total. The molecule has 22 heavy (non-hydrogen) atoms. The van der Waals surface area contributed by atoms with Crippen LogP contribution in [0.1, 0.15) is 0 Å². The molecule has 1 rings (SSSR count). The van der Waals surface area contributed by atoms with E-state index in [1.165, 1.54) is 0 Å². The first-order valence-corrected chi connectivity index (χ1v) is 4.93. The molecule has 0 aromatic carbocycles. The molecule has 0 saturated carbocycles. The lowest BCUT2D eigenvalue weighted by Gasteiger charge is -2.39. The fourth-order valence-electron chi connectivity index (χ4n) is 1.24. The van der Waals surface area contributed by atoms with E-state index in [1.54, 1.807) is 0 Å². The van der Waals surface area contributed by atoms with E-state index in [0.29, 0.717) is 0 Å². The van der Waals surface area contributed by atoms with Gasteiger partial charge in [0.2, 0.25) is 0 Å². The molecule has 0 aromatic rings. The Bertz CT molecular complexity index is 432. The molecule has 0 aliphatic carbocycles. The second-order valence-electron chi connectivity index (χ2n) is 4.24. The van der Waals surface area contributed by atoms with Crippen LogP contribution in [0.4, 0.5) is 57.1 Å². The summed E-state index contributed by atoms with van der Waals surface area (Å²) in [6, 6.07) is 0. The molecule has 1 aliphatic rings. The molecule has 14 heteroatoms. The molecule has 1 heterocycles. The number of hydrogen-bond acceptors (Lipinski definition) is 1. The smallest absolute Gasteiger partial charge is 0.366 e. The van der Waals surface area contributed by atoms with Crippen LogP contribution in [0.15, 0.2) is 0 Å². The fraction of sp³-hybridized carbons (Fsp3) is 1.00. The van der Waals surface area contributed by atoms with Gasteiger partial charge in [-0.25, -0.2) is 0 Å². The Hall–Kier alpha value is -0.950. The van der Waals surface area contributed by atoms with E-state index >= 15 is 0 Å². The Morgan fingerprint density at radius 2 is 0.864 bits per heavy atom. The van der Waals surface area contributed by atoms with Gasteiger partial charge in [0.25, 0.3) is 0 Å². The quantitative estimate of drug-likeness (QED) is 0.530. The van der Waals surface area contributed by atoms with Crippen molar-refractivity contribution < 1.29 is 61.8 Å². The molecule has 1 aliphatic heterocycles. The fourth-order valence-corrected chi connectivity index (χ4v) is 1.24. The second kappa shape index (κ2) is 4.54. The highest BCUT2D eigenvalue weighted by Gasteiger charge is 2.91. The van der Waals surface area contributed by atoms with Crippen molar-refractivity contribution in [2.75, 3.05) is 6.61 Å². The van der Waals surface area contributed by atoms with Crippen molar-refractivity contribution >= 4 is 0 Å². The molecular weight excluding hydrogens is 359 g/mol. The summed E-state index contributed by atoms with van der Waals surface area (Å²) in [5.74, 6) is -36.6. The predicted molar refractivity (Wildman–Crippen MR) is 40.5 cm³/mol. The zero-order valence-electron chi connectivity index (χ0n) is 9.61. The van der Waals surface area contributed by atoms with E-state index < -0.39 is 48.5 Å². The van der Waals surface area contributed by atoms with Crippen molar-refractivity contribution in [1.82, 2.24) is 0 Å². The topological polar surface area (TPSA) is 12.5 Å². The Morgan fingerprint density at radius 1 is 0.545 bits per heavy atom. The van der Waals surface area contributed by atoms with Gasteiger partial charge in [-0.1, -0.05) is 0 Å². The SMILES string of the molecule is FC(F)(F)C(F)(F)C(F)(F)C(F)(F)C(F)(F)C(F)(F)C1CO1. The van der Waals surface area contributed by atoms with Gasteiger partial charge in [-0.3, -0.25) is 0 Å². The third-order valence-corrected chi connectivity index (χ3v) is 2.70. The van der Waals surface area contributed by atoms with Gasteiger partial charge in [-0.2, -0.15) is 57.1 Å². The predicted octanol–water partition coefficient (Wildman–Crippen LogP) is 4.12. The number of alkyl halides is 13. The van der Waals surface area contributed by atoms with Crippen LogP contribution >= 0.6 is 0 Å². The largest absolute Gasteiger partial charge is 0.460 e. The van der Waals surface area contributed by atoms with Crippen molar-refractivity contribution in [1.29, 1.82) is 0 Å². The lowest BCUT2D eigenvalue weighted by atomic mass is 9.93. The molecule has 0 radical (unpaired) electrons. The summed E-state index contributed by atoms with van der Waals surface area (Å²) in [5.41, 5.74) is 0. The minimum atomic E-state index is -7.85. The molecule has 0 amide bonds. The van der Waals surface area contributed by atoms with Crippen molar-refractivity contribution in [3.8, 4) is 0 Å². The van der Waals surface area contributed by atoms with Crippen molar-refractivity contribution in [2.24, 2.45) is 0 Å². The Balaban J connectivity index is 3.37. The maximum absolute atomic E-state index is 12.9. The number of epoxide rings is 1. The zero-order chi connectivity index (χ0) is 18.0. The first-order chi connectivity index (χ1) is 9.36. The highest BCUT2D eigenvalue weighted by atomic mass is 19.4. The summed E-state index contributed by atoms with van der Waals surface area (Å²) >= 11 is 0. The van der Waals surface area contributed by atoms with E-state index in [-0.39, 0.29) is 0 Å². The average molecular weight is 362 g/mol. The number of halogens is 13. The Morgan fingerprint density at radius 3 is 1.14 bits per heavy atom. The van der Waals surface area contributed by atoms with Crippen LogP contribution in [-0.2, 0) is 4.74 Å².